The molecule has 29 heavy (non-hydrogen) atoms. The van der Waals surface area contributed by atoms with E-state index in [2.05, 4.69) is 0 Å². The van der Waals surface area contributed by atoms with Gasteiger partial charge in [0.2, 0.25) is 0 Å². The average Bonchev–Trinajstić information content (AvgIpc) is 3.25. The van der Waals surface area contributed by atoms with Gasteiger partial charge >= 0.3 is 0 Å². The molecular weight excluding hydrogens is 404 g/mol. The summed E-state index contributed by atoms with van der Waals surface area (Å²) in [6, 6.07) is 15.3. The second-order valence-corrected chi connectivity index (χ2v) is 11.1. The van der Waals surface area contributed by atoms with E-state index in [0.717, 1.165) is 28.8 Å². The van der Waals surface area contributed by atoms with E-state index in [1.54, 1.807) is 21.8 Å². The minimum atomic E-state index is -3.47. The molecule has 0 amide bonds. The molecule has 0 radical (unpaired) electrons. The van der Waals surface area contributed by atoms with Crippen LogP contribution in [0.25, 0.3) is 11.1 Å². The molecule has 2 bridgehead atoms. The molecule has 7 heteroatoms. The van der Waals surface area contributed by atoms with E-state index in [4.69, 9.17) is 0 Å². The summed E-state index contributed by atoms with van der Waals surface area (Å²) >= 11 is 1.26. The van der Waals surface area contributed by atoms with Crippen LogP contribution in [0.3, 0.4) is 0 Å². The lowest BCUT2D eigenvalue weighted by Gasteiger charge is -2.42. The second-order valence-electron chi connectivity index (χ2n) is 7.96. The van der Waals surface area contributed by atoms with Crippen LogP contribution in [-0.2, 0) is 16.6 Å². The van der Waals surface area contributed by atoms with Crippen molar-refractivity contribution in [2.24, 2.45) is 5.92 Å². The van der Waals surface area contributed by atoms with E-state index in [-0.39, 0.29) is 17.4 Å². The third kappa shape index (κ3) is 3.08. The number of hydrogen-bond acceptors (Lipinski definition) is 4. The maximum absolute atomic E-state index is 13.3. The Balaban J connectivity index is 1.53. The number of pyridine rings is 1. The molecule has 2 atom stereocenters. The van der Waals surface area contributed by atoms with E-state index < -0.39 is 10.0 Å². The maximum atomic E-state index is 13.3. The third-order valence-electron chi connectivity index (χ3n) is 6.10. The van der Waals surface area contributed by atoms with Gasteiger partial charge in [0, 0.05) is 36.8 Å². The van der Waals surface area contributed by atoms with Crippen molar-refractivity contribution in [3.63, 3.8) is 0 Å². The van der Waals surface area contributed by atoms with Gasteiger partial charge in [0.05, 0.1) is 0 Å². The van der Waals surface area contributed by atoms with Crippen LogP contribution < -0.4 is 5.56 Å². The van der Waals surface area contributed by atoms with Gasteiger partial charge in [-0.25, -0.2) is 8.42 Å². The number of aromatic nitrogens is 1. The number of nitrogens with zero attached hydrogens (tertiary/aromatic N) is 2. The van der Waals surface area contributed by atoms with E-state index in [9.17, 15) is 13.2 Å². The van der Waals surface area contributed by atoms with Crippen molar-refractivity contribution < 1.29 is 8.42 Å². The number of hydrogen-bond donors (Lipinski definition) is 0. The van der Waals surface area contributed by atoms with Crippen LogP contribution in [0, 0.1) is 12.8 Å². The van der Waals surface area contributed by atoms with Crippen molar-refractivity contribution in [2.75, 3.05) is 13.1 Å². The fourth-order valence-electron chi connectivity index (χ4n) is 4.72. The van der Waals surface area contributed by atoms with Crippen LogP contribution in [0.2, 0.25) is 0 Å². The molecule has 1 aromatic carbocycles. The summed E-state index contributed by atoms with van der Waals surface area (Å²) in [5, 5.41) is 1.79. The Hall–Kier alpha value is -2.22. The first kappa shape index (κ1) is 18.8. The summed E-state index contributed by atoms with van der Waals surface area (Å²) in [6.45, 7) is 3.48. The van der Waals surface area contributed by atoms with Crippen LogP contribution in [0.1, 0.15) is 23.6 Å². The van der Waals surface area contributed by atoms with E-state index in [1.807, 2.05) is 47.9 Å². The Morgan fingerprint density at radius 1 is 0.966 bits per heavy atom. The SMILES string of the molecule is Cc1ccccc1-c1ccc2n(c1=O)CC1CC2CN(S(=O)(=O)c2cccs2)C1. The highest BCUT2D eigenvalue weighted by Gasteiger charge is 2.40. The van der Waals surface area contributed by atoms with Crippen LogP contribution in [0.4, 0.5) is 0 Å². The van der Waals surface area contributed by atoms with Crippen molar-refractivity contribution >= 4 is 21.4 Å². The molecule has 4 heterocycles. The largest absolute Gasteiger partial charge is 0.311 e. The molecule has 1 fully saturated rings. The van der Waals surface area contributed by atoms with Gasteiger partial charge in [-0.1, -0.05) is 30.3 Å². The second kappa shape index (κ2) is 6.93. The predicted molar refractivity (Wildman–Crippen MR) is 115 cm³/mol. The quantitative estimate of drug-likeness (QED) is 0.642. The van der Waals surface area contributed by atoms with Crippen LogP contribution in [-0.4, -0.2) is 30.4 Å². The first-order valence-electron chi connectivity index (χ1n) is 9.78. The lowest BCUT2D eigenvalue weighted by molar-refractivity contribution is 0.186. The Morgan fingerprint density at radius 2 is 1.79 bits per heavy atom. The fraction of sp³-hybridized carbons (Fsp3) is 0.318. The summed E-state index contributed by atoms with van der Waals surface area (Å²) < 4.78 is 29.9. The van der Waals surface area contributed by atoms with Gasteiger partial charge in [-0.3, -0.25) is 4.79 Å². The van der Waals surface area contributed by atoms with Gasteiger partial charge in [0.15, 0.2) is 0 Å². The van der Waals surface area contributed by atoms with E-state index in [0.29, 0.717) is 23.8 Å². The highest BCUT2D eigenvalue weighted by molar-refractivity contribution is 7.91. The smallest absolute Gasteiger partial charge is 0.258 e. The van der Waals surface area contributed by atoms with Gasteiger partial charge in [-0.05, 0) is 54.0 Å². The Morgan fingerprint density at radius 3 is 2.55 bits per heavy atom. The van der Waals surface area contributed by atoms with Crippen LogP contribution >= 0.6 is 11.3 Å². The predicted octanol–water partition coefficient (Wildman–Crippen LogP) is 3.69. The zero-order chi connectivity index (χ0) is 20.2. The molecule has 0 saturated carbocycles. The minimum absolute atomic E-state index is 0.0288. The Bertz CT molecular complexity index is 1230. The van der Waals surface area contributed by atoms with Gasteiger partial charge < -0.3 is 4.57 Å². The molecule has 0 spiro atoms. The fourth-order valence-corrected chi connectivity index (χ4v) is 7.42. The lowest BCUT2D eigenvalue weighted by Crippen LogP contribution is -2.49. The topological polar surface area (TPSA) is 59.4 Å². The highest BCUT2D eigenvalue weighted by Crippen LogP contribution is 2.38. The first-order chi connectivity index (χ1) is 13.9. The molecule has 1 saturated heterocycles. The van der Waals surface area contributed by atoms with E-state index >= 15 is 0 Å². The molecule has 2 unspecified atom stereocenters. The molecule has 2 aliphatic heterocycles. The molecular formula is C22H22N2O3S2. The first-order valence-corrected chi connectivity index (χ1v) is 12.1. The molecule has 0 N–H and O–H groups in total. The number of fused-ring (bicyclic) bond motifs is 4. The number of piperidine rings is 1. The number of rotatable bonds is 3. The number of aryl methyl sites for hydroxylation is 1. The zero-order valence-corrected chi connectivity index (χ0v) is 17.7. The van der Waals surface area contributed by atoms with Crippen molar-refractivity contribution in [1.82, 2.24) is 8.87 Å². The number of benzene rings is 1. The van der Waals surface area contributed by atoms with Crippen LogP contribution in [0.15, 0.2) is 62.9 Å². The molecule has 0 aliphatic carbocycles. The summed E-state index contributed by atoms with van der Waals surface area (Å²) in [4.78, 5) is 13.3. The van der Waals surface area contributed by atoms with E-state index in [1.165, 1.54) is 11.3 Å². The minimum Gasteiger partial charge on any atom is -0.311 e. The summed E-state index contributed by atoms with van der Waals surface area (Å²) in [6.07, 6.45) is 0.930. The molecule has 150 valence electrons. The lowest BCUT2D eigenvalue weighted by atomic mass is 9.83. The monoisotopic (exact) mass is 426 g/mol. The van der Waals surface area contributed by atoms with Gasteiger partial charge in [-0.2, -0.15) is 4.31 Å². The van der Waals surface area contributed by atoms with Gasteiger partial charge in [-0.15, -0.1) is 11.3 Å². The molecule has 3 aromatic rings. The Kier molecular flexibility index (Phi) is 4.49. The van der Waals surface area contributed by atoms with Crippen molar-refractivity contribution in [3.8, 4) is 11.1 Å². The van der Waals surface area contributed by atoms with Crippen molar-refractivity contribution in [1.29, 1.82) is 0 Å². The van der Waals surface area contributed by atoms with Gasteiger partial charge in [0.25, 0.3) is 15.6 Å². The summed E-state index contributed by atoms with van der Waals surface area (Å²) in [5.41, 5.74) is 3.74. The molecule has 5 nitrogen and oxygen atoms in total. The normalized spacial score (nSPS) is 21.7. The molecule has 2 aliphatic rings. The number of thiophene rings is 1. The molecule has 2 aromatic heterocycles. The average molecular weight is 427 g/mol. The standard InChI is InChI=1S/C22H22N2O3S2/c1-15-5-2-3-6-18(15)19-8-9-20-17-11-16(13-24(20)22(19)25)12-23(14-17)29(26,27)21-7-4-10-28-21/h2-10,16-17H,11-14H2,1H3. The van der Waals surface area contributed by atoms with Crippen molar-refractivity contribution in [2.45, 2.75) is 30.0 Å². The Labute approximate surface area is 174 Å². The van der Waals surface area contributed by atoms with Gasteiger partial charge in [0.1, 0.15) is 4.21 Å². The van der Waals surface area contributed by atoms with Crippen LogP contribution in [0.5, 0.6) is 0 Å². The summed E-state index contributed by atoms with van der Waals surface area (Å²) in [7, 11) is -3.47. The molecule has 5 rings (SSSR count). The third-order valence-corrected chi connectivity index (χ3v) is 9.30. The maximum Gasteiger partial charge on any atom is 0.258 e. The highest BCUT2D eigenvalue weighted by atomic mass is 32.2. The zero-order valence-electron chi connectivity index (χ0n) is 16.1. The van der Waals surface area contributed by atoms with Crippen molar-refractivity contribution in [3.05, 3.63) is 75.5 Å². The number of sulfonamides is 1. The summed E-state index contributed by atoms with van der Waals surface area (Å²) in [5.74, 6) is 0.205.